The molecule has 3 nitrogen and oxygen atoms in total. The molecule has 1 saturated heterocycles. The van der Waals surface area contributed by atoms with Crippen molar-refractivity contribution < 1.29 is 4.39 Å². The maximum Gasteiger partial charge on any atom is 0.129 e. The van der Waals surface area contributed by atoms with E-state index in [1.807, 2.05) is 0 Å². The maximum absolute atomic E-state index is 14.1. The van der Waals surface area contributed by atoms with E-state index in [1.54, 1.807) is 12.1 Å². The molecule has 5 heteroatoms. The van der Waals surface area contributed by atoms with Crippen molar-refractivity contribution in [3.05, 3.63) is 34.6 Å². The summed E-state index contributed by atoms with van der Waals surface area (Å²) in [4.78, 5) is 4.57. The van der Waals surface area contributed by atoms with Crippen molar-refractivity contribution in [1.82, 2.24) is 9.80 Å². The standard InChI is InChI=1S/C14H21ClFN3/c1-10-9-18(2)5-6-19(10)14(8-17)12-4-3-11(15)7-13(12)16/h3-4,7,10,14H,5-6,8-9,17H2,1-2H3. The first-order chi connectivity index (χ1) is 9.02. The molecule has 1 heterocycles. The van der Waals surface area contributed by atoms with Crippen LogP contribution in [0.5, 0.6) is 0 Å². The van der Waals surface area contributed by atoms with Gasteiger partial charge in [-0.05, 0) is 26.1 Å². The second kappa shape index (κ2) is 6.18. The summed E-state index contributed by atoms with van der Waals surface area (Å²) in [5.74, 6) is -0.269. The van der Waals surface area contributed by atoms with Crippen LogP contribution in [0.4, 0.5) is 4.39 Å². The molecule has 2 atom stereocenters. The summed E-state index contributed by atoms with van der Waals surface area (Å²) in [7, 11) is 2.11. The van der Waals surface area contributed by atoms with Gasteiger partial charge in [-0.15, -0.1) is 0 Å². The smallest absolute Gasteiger partial charge is 0.129 e. The van der Waals surface area contributed by atoms with Crippen molar-refractivity contribution in [2.24, 2.45) is 5.73 Å². The number of likely N-dealkylation sites (N-methyl/N-ethyl adjacent to an activating group) is 1. The lowest BCUT2D eigenvalue weighted by molar-refractivity contribution is 0.0622. The summed E-state index contributed by atoms with van der Waals surface area (Å²) in [5.41, 5.74) is 6.53. The van der Waals surface area contributed by atoms with Gasteiger partial charge in [0.1, 0.15) is 5.82 Å². The molecule has 1 aromatic carbocycles. The fourth-order valence-electron chi connectivity index (χ4n) is 2.83. The van der Waals surface area contributed by atoms with E-state index in [-0.39, 0.29) is 11.9 Å². The van der Waals surface area contributed by atoms with Gasteiger partial charge in [0.15, 0.2) is 0 Å². The van der Waals surface area contributed by atoms with Gasteiger partial charge in [0, 0.05) is 42.8 Å². The van der Waals surface area contributed by atoms with Crippen molar-refractivity contribution in [3.63, 3.8) is 0 Å². The molecule has 0 spiro atoms. The monoisotopic (exact) mass is 285 g/mol. The first-order valence-corrected chi connectivity index (χ1v) is 7.00. The van der Waals surface area contributed by atoms with E-state index < -0.39 is 0 Å². The zero-order valence-electron chi connectivity index (χ0n) is 11.4. The van der Waals surface area contributed by atoms with Crippen LogP contribution in [0, 0.1) is 5.82 Å². The van der Waals surface area contributed by atoms with Gasteiger partial charge in [0.25, 0.3) is 0 Å². The lowest BCUT2D eigenvalue weighted by Crippen LogP contribution is -2.53. The quantitative estimate of drug-likeness (QED) is 0.923. The van der Waals surface area contributed by atoms with Gasteiger partial charge in [-0.3, -0.25) is 4.90 Å². The van der Waals surface area contributed by atoms with Crippen molar-refractivity contribution in [3.8, 4) is 0 Å². The topological polar surface area (TPSA) is 32.5 Å². The van der Waals surface area contributed by atoms with Gasteiger partial charge in [0.05, 0.1) is 6.04 Å². The van der Waals surface area contributed by atoms with E-state index in [0.717, 1.165) is 19.6 Å². The van der Waals surface area contributed by atoms with E-state index in [1.165, 1.54) is 6.07 Å². The Morgan fingerprint density at radius 2 is 2.21 bits per heavy atom. The van der Waals surface area contributed by atoms with Crippen LogP contribution in [0.3, 0.4) is 0 Å². The molecular formula is C14H21ClFN3. The minimum absolute atomic E-state index is 0.0824. The van der Waals surface area contributed by atoms with Crippen molar-refractivity contribution in [2.45, 2.75) is 19.0 Å². The molecule has 2 N–H and O–H groups in total. The molecule has 2 unspecified atom stereocenters. The van der Waals surface area contributed by atoms with Gasteiger partial charge < -0.3 is 10.6 Å². The van der Waals surface area contributed by atoms with Gasteiger partial charge in [-0.25, -0.2) is 4.39 Å². The zero-order chi connectivity index (χ0) is 14.0. The van der Waals surface area contributed by atoms with Gasteiger partial charge in [-0.2, -0.15) is 0 Å². The Bertz CT molecular complexity index is 441. The highest BCUT2D eigenvalue weighted by Gasteiger charge is 2.29. The lowest BCUT2D eigenvalue weighted by Gasteiger charge is -2.42. The van der Waals surface area contributed by atoms with E-state index in [4.69, 9.17) is 17.3 Å². The van der Waals surface area contributed by atoms with Crippen molar-refractivity contribution in [2.75, 3.05) is 33.2 Å². The Hall–Kier alpha value is -0.680. The van der Waals surface area contributed by atoms with Gasteiger partial charge in [-0.1, -0.05) is 17.7 Å². The number of hydrogen-bond acceptors (Lipinski definition) is 3. The second-order valence-corrected chi connectivity index (χ2v) is 5.70. The van der Waals surface area contributed by atoms with Crippen LogP contribution in [0.25, 0.3) is 0 Å². The van der Waals surface area contributed by atoms with Crippen LogP contribution >= 0.6 is 11.6 Å². The average molecular weight is 286 g/mol. The van der Waals surface area contributed by atoms with Crippen LogP contribution in [-0.2, 0) is 0 Å². The van der Waals surface area contributed by atoms with Crippen LogP contribution < -0.4 is 5.73 Å². The van der Waals surface area contributed by atoms with E-state index in [9.17, 15) is 4.39 Å². The molecule has 0 saturated carbocycles. The third-order valence-electron chi connectivity index (χ3n) is 3.83. The second-order valence-electron chi connectivity index (χ2n) is 5.27. The number of halogens is 2. The third kappa shape index (κ3) is 3.26. The first-order valence-electron chi connectivity index (χ1n) is 6.62. The molecule has 0 aromatic heterocycles. The minimum Gasteiger partial charge on any atom is -0.329 e. The van der Waals surface area contributed by atoms with Crippen LogP contribution in [0.2, 0.25) is 5.02 Å². The molecule has 0 amide bonds. The minimum atomic E-state index is -0.269. The molecule has 1 aromatic rings. The highest BCUT2D eigenvalue weighted by molar-refractivity contribution is 6.30. The molecule has 106 valence electrons. The SMILES string of the molecule is CC1CN(C)CCN1C(CN)c1ccc(Cl)cc1F. The zero-order valence-corrected chi connectivity index (χ0v) is 12.2. The molecule has 1 aliphatic heterocycles. The maximum atomic E-state index is 14.1. The van der Waals surface area contributed by atoms with Gasteiger partial charge >= 0.3 is 0 Å². The first kappa shape index (κ1) is 14.7. The predicted molar refractivity (Wildman–Crippen MR) is 76.9 cm³/mol. The molecule has 1 fully saturated rings. The molecule has 0 aliphatic carbocycles. The number of nitrogens with two attached hydrogens (primary N) is 1. The number of hydrogen-bond donors (Lipinski definition) is 1. The summed E-state index contributed by atoms with van der Waals surface area (Å²) >= 11 is 5.81. The van der Waals surface area contributed by atoms with E-state index in [0.29, 0.717) is 23.2 Å². The molecule has 19 heavy (non-hydrogen) atoms. The summed E-state index contributed by atoms with van der Waals surface area (Å²) in [6.07, 6.45) is 0. The number of piperazine rings is 1. The number of benzene rings is 1. The van der Waals surface area contributed by atoms with Crippen molar-refractivity contribution >= 4 is 11.6 Å². The normalized spacial score (nSPS) is 23.5. The Morgan fingerprint density at radius 1 is 1.47 bits per heavy atom. The molecule has 0 radical (unpaired) electrons. The van der Waals surface area contributed by atoms with Crippen LogP contribution in [-0.4, -0.2) is 49.1 Å². The summed E-state index contributed by atoms with van der Waals surface area (Å²) in [5, 5.41) is 0.420. The molecule has 2 rings (SSSR count). The van der Waals surface area contributed by atoms with Gasteiger partial charge in [0.2, 0.25) is 0 Å². The Morgan fingerprint density at radius 3 is 2.79 bits per heavy atom. The summed E-state index contributed by atoms with van der Waals surface area (Å²) < 4.78 is 14.1. The molecule has 1 aliphatic rings. The Kier molecular flexibility index (Phi) is 4.79. The average Bonchev–Trinajstić information content (AvgIpc) is 2.34. The number of rotatable bonds is 3. The predicted octanol–water partition coefficient (Wildman–Crippen LogP) is 2.11. The Balaban J connectivity index is 2.24. The van der Waals surface area contributed by atoms with Crippen molar-refractivity contribution in [1.29, 1.82) is 0 Å². The third-order valence-corrected chi connectivity index (χ3v) is 4.06. The Labute approximate surface area is 119 Å². The van der Waals surface area contributed by atoms with Crippen LogP contribution in [0.1, 0.15) is 18.5 Å². The molecule has 0 bridgehead atoms. The van der Waals surface area contributed by atoms with Crippen LogP contribution in [0.15, 0.2) is 18.2 Å². The highest BCUT2D eigenvalue weighted by Crippen LogP contribution is 2.27. The fraction of sp³-hybridized carbons (Fsp3) is 0.571. The fourth-order valence-corrected chi connectivity index (χ4v) is 2.99. The lowest BCUT2D eigenvalue weighted by atomic mass is 10.0. The molecular weight excluding hydrogens is 265 g/mol. The number of nitrogens with zero attached hydrogens (tertiary/aromatic N) is 2. The highest BCUT2D eigenvalue weighted by atomic mass is 35.5. The van der Waals surface area contributed by atoms with E-state index >= 15 is 0 Å². The summed E-state index contributed by atoms with van der Waals surface area (Å²) in [6.45, 7) is 5.43. The largest absolute Gasteiger partial charge is 0.329 e. The summed E-state index contributed by atoms with van der Waals surface area (Å²) in [6, 6.07) is 5.12. The van der Waals surface area contributed by atoms with E-state index in [2.05, 4.69) is 23.8 Å².